The molecule has 0 radical (unpaired) electrons. The fraction of sp³-hybridized carbons (Fsp3) is 0.571. The van der Waals surface area contributed by atoms with Crippen molar-refractivity contribution >= 4 is 11.8 Å². The molecule has 1 atom stereocenters. The van der Waals surface area contributed by atoms with E-state index in [0.717, 1.165) is 17.3 Å². The Bertz CT molecular complexity index is 315. The van der Waals surface area contributed by atoms with Crippen LogP contribution >= 0.6 is 11.8 Å². The molecule has 0 unspecified atom stereocenters. The van der Waals surface area contributed by atoms with E-state index in [2.05, 4.69) is 6.92 Å². The van der Waals surface area contributed by atoms with Gasteiger partial charge in [-0.2, -0.15) is 11.8 Å². The summed E-state index contributed by atoms with van der Waals surface area (Å²) < 4.78 is 5.54. The zero-order chi connectivity index (χ0) is 12.5. The Balaban J connectivity index is 2.17. The first-order valence-electron chi connectivity index (χ1n) is 6.17. The highest BCUT2D eigenvalue weighted by Gasteiger charge is 2.05. The molecule has 0 aliphatic carbocycles. The molecule has 2 nitrogen and oxygen atoms in total. The second kappa shape index (κ2) is 8.43. The predicted molar refractivity (Wildman–Crippen MR) is 74.9 cm³/mol. The van der Waals surface area contributed by atoms with Gasteiger partial charge in [0.05, 0.1) is 6.10 Å². The van der Waals surface area contributed by atoms with Gasteiger partial charge in [0.2, 0.25) is 0 Å². The fourth-order valence-corrected chi connectivity index (χ4v) is 2.44. The van der Waals surface area contributed by atoms with Crippen LogP contribution in [-0.4, -0.2) is 29.3 Å². The third-order valence-electron chi connectivity index (χ3n) is 2.38. The van der Waals surface area contributed by atoms with Gasteiger partial charge in [0, 0.05) is 5.75 Å². The van der Waals surface area contributed by atoms with E-state index in [-0.39, 0.29) is 6.10 Å². The monoisotopic (exact) mass is 254 g/mol. The number of aryl methyl sites for hydroxylation is 1. The summed E-state index contributed by atoms with van der Waals surface area (Å²) in [6, 6.07) is 7.90. The molecule has 0 fully saturated rings. The van der Waals surface area contributed by atoms with Gasteiger partial charge >= 0.3 is 0 Å². The van der Waals surface area contributed by atoms with Crippen LogP contribution in [0.5, 0.6) is 5.75 Å². The van der Waals surface area contributed by atoms with Crippen molar-refractivity contribution in [1.82, 2.24) is 0 Å². The third kappa shape index (κ3) is 6.59. The highest BCUT2D eigenvalue weighted by atomic mass is 32.2. The SMILES string of the molecule is CCCCSC[C@@H](O)COc1cccc(C)c1. The first kappa shape index (κ1) is 14.4. The molecule has 0 heterocycles. The summed E-state index contributed by atoms with van der Waals surface area (Å²) in [5.41, 5.74) is 1.18. The molecule has 0 spiro atoms. The summed E-state index contributed by atoms with van der Waals surface area (Å²) in [5, 5.41) is 9.73. The fourth-order valence-electron chi connectivity index (χ4n) is 1.41. The van der Waals surface area contributed by atoms with Crippen molar-refractivity contribution in [1.29, 1.82) is 0 Å². The largest absolute Gasteiger partial charge is 0.491 e. The van der Waals surface area contributed by atoms with Crippen LogP contribution in [0.25, 0.3) is 0 Å². The summed E-state index contributed by atoms with van der Waals surface area (Å²) in [7, 11) is 0. The average molecular weight is 254 g/mol. The van der Waals surface area contributed by atoms with Crippen LogP contribution in [0.2, 0.25) is 0 Å². The van der Waals surface area contributed by atoms with E-state index in [1.165, 1.54) is 18.4 Å². The van der Waals surface area contributed by atoms with Crippen molar-refractivity contribution in [3.8, 4) is 5.75 Å². The zero-order valence-electron chi connectivity index (χ0n) is 10.7. The van der Waals surface area contributed by atoms with Crippen molar-refractivity contribution in [2.75, 3.05) is 18.1 Å². The molecule has 0 aliphatic heterocycles. The number of benzene rings is 1. The standard InChI is InChI=1S/C14H22O2S/c1-3-4-8-17-11-13(15)10-16-14-7-5-6-12(2)9-14/h5-7,9,13,15H,3-4,8,10-11H2,1-2H3/t13-/m0/s1. The van der Waals surface area contributed by atoms with Gasteiger partial charge in [-0.25, -0.2) is 0 Å². The molecule has 1 N–H and O–H groups in total. The number of unbranched alkanes of at least 4 members (excludes halogenated alkanes) is 1. The molecule has 17 heavy (non-hydrogen) atoms. The minimum atomic E-state index is -0.377. The summed E-state index contributed by atoms with van der Waals surface area (Å²) in [6.45, 7) is 4.59. The third-order valence-corrected chi connectivity index (χ3v) is 3.58. The van der Waals surface area contributed by atoms with Crippen molar-refractivity contribution in [3.63, 3.8) is 0 Å². The molecule has 96 valence electrons. The molecular weight excluding hydrogens is 232 g/mol. The van der Waals surface area contributed by atoms with Gasteiger partial charge < -0.3 is 9.84 Å². The Hall–Kier alpha value is -0.670. The van der Waals surface area contributed by atoms with E-state index in [1.807, 2.05) is 31.2 Å². The lowest BCUT2D eigenvalue weighted by Crippen LogP contribution is -2.20. The van der Waals surface area contributed by atoms with Gasteiger partial charge in [-0.1, -0.05) is 25.5 Å². The normalized spacial score (nSPS) is 12.4. The second-order valence-electron chi connectivity index (χ2n) is 4.21. The number of hydrogen-bond donors (Lipinski definition) is 1. The lowest BCUT2D eigenvalue weighted by atomic mass is 10.2. The molecule has 1 aromatic carbocycles. The Labute approximate surface area is 108 Å². The summed E-state index contributed by atoms with van der Waals surface area (Å²) in [6.07, 6.45) is 2.05. The number of aliphatic hydroxyl groups is 1. The van der Waals surface area contributed by atoms with E-state index < -0.39 is 0 Å². The Morgan fingerprint density at radius 3 is 2.94 bits per heavy atom. The number of rotatable bonds is 8. The second-order valence-corrected chi connectivity index (χ2v) is 5.36. The van der Waals surface area contributed by atoms with Gasteiger partial charge in [-0.05, 0) is 36.8 Å². The predicted octanol–water partition coefficient (Wildman–Crippen LogP) is 3.27. The van der Waals surface area contributed by atoms with Gasteiger partial charge in [0.1, 0.15) is 12.4 Å². The van der Waals surface area contributed by atoms with Crippen LogP contribution in [0.3, 0.4) is 0 Å². The first-order chi connectivity index (χ1) is 8.22. The molecule has 3 heteroatoms. The summed E-state index contributed by atoms with van der Waals surface area (Å²) >= 11 is 1.79. The van der Waals surface area contributed by atoms with Gasteiger partial charge in [0.15, 0.2) is 0 Å². The van der Waals surface area contributed by atoms with Crippen LogP contribution in [-0.2, 0) is 0 Å². The first-order valence-corrected chi connectivity index (χ1v) is 7.33. The lowest BCUT2D eigenvalue weighted by molar-refractivity contribution is 0.126. The quantitative estimate of drug-likeness (QED) is 0.722. The molecule has 0 amide bonds. The number of aliphatic hydroxyl groups excluding tert-OH is 1. The molecule has 0 aromatic heterocycles. The average Bonchev–Trinajstić information content (AvgIpc) is 2.32. The van der Waals surface area contributed by atoms with E-state index in [4.69, 9.17) is 4.74 Å². The topological polar surface area (TPSA) is 29.5 Å². The van der Waals surface area contributed by atoms with Crippen LogP contribution in [0.15, 0.2) is 24.3 Å². The summed E-state index contributed by atoms with van der Waals surface area (Å²) in [5.74, 6) is 2.71. The van der Waals surface area contributed by atoms with Crippen LogP contribution in [0.4, 0.5) is 0 Å². The zero-order valence-corrected chi connectivity index (χ0v) is 11.5. The van der Waals surface area contributed by atoms with E-state index >= 15 is 0 Å². The van der Waals surface area contributed by atoms with Crippen molar-refractivity contribution in [2.45, 2.75) is 32.8 Å². The molecule has 1 aromatic rings. The molecule has 0 saturated heterocycles. The minimum absolute atomic E-state index is 0.377. The van der Waals surface area contributed by atoms with E-state index in [0.29, 0.717) is 6.61 Å². The minimum Gasteiger partial charge on any atom is -0.491 e. The molecular formula is C14H22O2S. The maximum atomic E-state index is 9.73. The van der Waals surface area contributed by atoms with E-state index in [1.54, 1.807) is 11.8 Å². The Morgan fingerprint density at radius 2 is 2.24 bits per heavy atom. The Kier molecular flexibility index (Phi) is 7.13. The molecule has 1 rings (SSSR count). The van der Waals surface area contributed by atoms with Crippen molar-refractivity contribution < 1.29 is 9.84 Å². The van der Waals surface area contributed by atoms with Gasteiger partial charge in [0.25, 0.3) is 0 Å². The molecule has 0 saturated carbocycles. The van der Waals surface area contributed by atoms with Crippen molar-refractivity contribution in [3.05, 3.63) is 29.8 Å². The smallest absolute Gasteiger partial charge is 0.119 e. The molecule has 0 aliphatic rings. The Morgan fingerprint density at radius 1 is 1.41 bits per heavy atom. The van der Waals surface area contributed by atoms with Gasteiger partial charge in [-0.3, -0.25) is 0 Å². The van der Waals surface area contributed by atoms with Crippen molar-refractivity contribution in [2.24, 2.45) is 0 Å². The lowest BCUT2D eigenvalue weighted by Gasteiger charge is -2.12. The highest BCUT2D eigenvalue weighted by molar-refractivity contribution is 7.99. The maximum absolute atomic E-state index is 9.73. The van der Waals surface area contributed by atoms with E-state index in [9.17, 15) is 5.11 Å². The summed E-state index contributed by atoms with van der Waals surface area (Å²) in [4.78, 5) is 0. The van der Waals surface area contributed by atoms with Crippen LogP contribution in [0, 0.1) is 6.92 Å². The maximum Gasteiger partial charge on any atom is 0.119 e. The van der Waals surface area contributed by atoms with Crippen LogP contribution in [0.1, 0.15) is 25.3 Å². The number of thioether (sulfide) groups is 1. The molecule has 0 bridgehead atoms. The number of hydrogen-bond acceptors (Lipinski definition) is 3. The number of ether oxygens (including phenoxy) is 1. The van der Waals surface area contributed by atoms with Crippen LogP contribution < -0.4 is 4.74 Å². The highest BCUT2D eigenvalue weighted by Crippen LogP contribution is 2.13. The van der Waals surface area contributed by atoms with Gasteiger partial charge in [-0.15, -0.1) is 0 Å².